The van der Waals surface area contributed by atoms with Gasteiger partial charge in [0.15, 0.2) is 0 Å². The third-order valence-electron chi connectivity index (χ3n) is 4.49. The van der Waals surface area contributed by atoms with Gasteiger partial charge in [0.05, 0.1) is 6.26 Å². The number of hydrogen-bond acceptors (Lipinski definition) is 3. The molecule has 1 saturated carbocycles. The first-order chi connectivity index (χ1) is 10.5. The molecule has 2 rings (SSSR count). The van der Waals surface area contributed by atoms with Crippen molar-refractivity contribution in [2.45, 2.75) is 43.9 Å². The highest BCUT2D eigenvalue weighted by Gasteiger charge is 2.50. The normalized spacial score (nSPS) is 22.7. The number of carbonyl (C=O) groups excluding carboxylic acids is 1. The average Bonchev–Trinajstić information content (AvgIpc) is 3.26. The first-order valence-electron chi connectivity index (χ1n) is 7.55. The van der Waals surface area contributed by atoms with Crippen molar-refractivity contribution in [3.8, 4) is 0 Å². The zero-order valence-electron chi connectivity index (χ0n) is 13.1. The lowest BCUT2D eigenvalue weighted by atomic mass is 10.1. The lowest BCUT2D eigenvalue weighted by molar-refractivity contribution is -0.158. The van der Waals surface area contributed by atoms with Crippen molar-refractivity contribution >= 4 is 16.1 Å². The van der Waals surface area contributed by atoms with E-state index in [4.69, 9.17) is 0 Å². The van der Waals surface area contributed by atoms with E-state index in [0.717, 1.165) is 6.26 Å². The average molecular weight is 357 g/mol. The maximum atomic E-state index is 13.0. The number of nitrogens with zero attached hydrogens (tertiary/aromatic N) is 2. The van der Waals surface area contributed by atoms with Gasteiger partial charge in [0.2, 0.25) is 10.0 Å². The molecule has 0 aromatic heterocycles. The van der Waals surface area contributed by atoms with Gasteiger partial charge in [0, 0.05) is 26.2 Å². The van der Waals surface area contributed by atoms with Crippen LogP contribution < -0.4 is 5.32 Å². The molecule has 134 valence electrons. The van der Waals surface area contributed by atoms with Gasteiger partial charge >= 0.3 is 12.2 Å². The van der Waals surface area contributed by atoms with E-state index in [9.17, 15) is 26.4 Å². The summed E-state index contributed by atoms with van der Waals surface area (Å²) in [6.45, 7) is 0.541. The number of carbonyl (C=O) groups is 1. The van der Waals surface area contributed by atoms with E-state index in [2.05, 4.69) is 5.32 Å². The van der Waals surface area contributed by atoms with Crippen LogP contribution in [0.4, 0.5) is 18.0 Å². The molecule has 6 nitrogen and oxygen atoms in total. The number of halogens is 3. The Hall–Kier alpha value is -1.03. The topological polar surface area (TPSA) is 69.7 Å². The number of rotatable bonds is 4. The third kappa shape index (κ3) is 4.72. The second kappa shape index (κ2) is 6.46. The van der Waals surface area contributed by atoms with Crippen LogP contribution in [0, 0.1) is 5.92 Å². The monoisotopic (exact) mass is 357 g/mol. The summed E-state index contributed by atoms with van der Waals surface area (Å²) < 4.78 is 63.1. The van der Waals surface area contributed by atoms with E-state index in [-0.39, 0.29) is 19.1 Å². The molecule has 2 aliphatic rings. The SMILES string of the molecule is CN(C(=O)NC(C1CC1)C(F)(F)F)C1CCN(S(C)(=O)=O)CC1. The molecule has 1 saturated heterocycles. The van der Waals surface area contributed by atoms with Crippen LogP contribution in [-0.2, 0) is 10.0 Å². The van der Waals surface area contributed by atoms with E-state index < -0.39 is 34.2 Å². The van der Waals surface area contributed by atoms with Crippen LogP contribution in [0.25, 0.3) is 0 Å². The number of amides is 2. The largest absolute Gasteiger partial charge is 0.408 e. The Morgan fingerprint density at radius 1 is 1.22 bits per heavy atom. The van der Waals surface area contributed by atoms with Gasteiger partial charge in [-0.2, -0.15) is 13.2 Å². The summed E-state index contributed by atoms with van der Waals surface area (Å²) in [5, 5.41) is 2.09. The molecular weight excluding hydrogens is 335 g/mol. The number of sulfonamides is 1. The molecule has 23 heavy (non-hydrogen) atoms. The van der Waals surface area contributed by atoms with Crippen LogP contribution in [0.1, 0.15) is 25.7 Å². The van der Waals surface area contributed by atoms with Crippen molar-refractivity contribution in [3.63, 3.8) is 0 Å². The molecule has 1 N–H and O–H groups in total. The zero-order chi connectivity index (χ0) is 17.4. The molecule has 1 heterocycles. The maximum Gasteiger partial charge on any atom is 0.408 e. The Balaban J connectivity index is 1.90. The van der Waals surface area contributed by atoms with Gasteiger partial charge in [0.25, 0.3) is 0 Å². The molecule has 0 bridgehead atoms. The van der Waals surface area contributed by atoms with E-state index in [1.54, 1.807) is 0 Å². The number of nitrogens with one attached hydrogen (secondary N) is 1. The number of piperidine rings is 1. The van der Waals surface area contributed by atoms with Crippen molar-refractivity contribution in [3.05, 3.63) is 0 Å². The maximum absolute atomic E-state index is 13.0. The van der Waals surface area contributed by atoms with E-state index in [1.165, 1.54) is 16.3 Å². The van der Waals surface area contributed by atoms with Crippen LogP contribution in [-0.4, -0.2) is 68.3 Å². The Labute approximate surface area is 134 Å². The summed E-state index contributed by atoms with van der Waals surface area (Å²) in [4.78, 5) is 13.4. The quantitative estimate of drug-likeness (QED) is 0.827. The first kappa shape index (κ1) is 18.3. The fourth-order valence-corrected chi connectivity index (χ4v) is 3.73. The van der Waals surface area contributed by atoms with Crippen molar-refractivity contribution < 1.29 is 26.4 Å². The molecule has 1 unspecified atom stereocenters. The smallest absolute Gasteiger partial charge is 0.326 e. The van der Waals surface area contributed by atoms with Crippen molar-refractivity contribution in [2.75, 3.05) is 26.4 Å². The van der Waals surface area contributed by atoms with E-state index in [1.807, 2.05) is 0 Å². The fourth-order valence-electron chi connectivity index (χ4n) is 2.86. The first-order valence-corrected chi connectivity index (χ1v) is 9.40. The molecule has 0 spiro atoms. The van der Waals surface area contributed by atoms with E-state index >= 15 is 0 Å². The molecule has 1 atom stereocenters. The fraction of sp³-hybridized carbons (Fsp3) is 0.923. The highest BCUT2D eigenvalue weighted by Crippen LogP contribution is 2.40. The van der Waals surface area contributed by atoms with Crippen molar-refractivity contribution in [1.29, 1.82) is 0 Å². The molecule has 0 aromatic carbocycles. The summed E-state index contributed by atoms with van der Waals surface area (Å²) in [6.07, 6.45) is -1.55. The Morgan fingerprint density at radius 2 is 1.74 bits per heavy atom. The highest BCUT2D eigenvalue weighted by atomic mass is 32.2. The Morgan fingerprint density at radius 3 is 2.13 bits per heavy atom. The highest BCUT2D eigenvalue weighted by molar-refractivity contribution is 7.88. The summed E-state index contributed by atoms with van der Waals surface area (Å²) in [5.41, 5.74) is 0. The Bertz CT molecular complexity index is 540. The molecule has 10 heteroatoms. The third-order valence-corrected chi connectivity index (χ3v) is 5.79. The molecule has 2 fully saturated rings. The zero-order valence-corrected chi connectivity index (χ0v) is 14.0. The van der Waals surface area contributed by atoms with E-state index in [0.29, 0.717) is 25.7 Å². The van der Waals surface area contributed by atoms with Gasteiger partial charge in [-0.3, -0.25) is 0 Å². The summed E-state index contributed by atoms with van der Waals surface area (Å²) in [7, 11) is -1.82. The minimum atomic E-state index is -4.45. The lowest BCUT2D eigenvalue weighted by Crippen LogP contribution is -2.55. The standard InChI is InChI=1S/C13H22F3N3O3S/c1-18(10-5-7-19(8-6-10)23(2,21)22)12(20)17-11(9-3-4-9)13(14,15)16/h9-11H,3-8H2,1-2H3,(H,17,20). The van der Waals surface area contributed by atoms with Crippen molar-refractivity contribution in [2.24, 2.45) is 5.92 Å². The minimum Gasteiger partial charge on any atom is -0.326 e. The second-order valence-electron chi connectivity index (χ2n) is 6.31. The van der Waals surface area contributed by atoms with Crippen LogP contribution in [0.5, 0.6) is 0 Å². The summed E-state index contributed by atoms with van der Waals surface area (Å²) in [6, 6.07) is -2.81. The van der Waals surface area contributed by atoms with Gasteiger partial charge in [-0.15, -0.1) is 0 Å². The second-order valence-corrected chi connectivity index (χ2v) is 8.29. The lowest BCUT2D eigenvalue weighted by Gasteiger charge is -2.36. The van der Waals surface area contributed by atoms with Crippen LogP contribution >= 0.6 is 0 Å². The predicted octanol–water partition coefficient (Wildman–Crippen LogP) is 1.39. The predicted molar refractivity (Wildman–Crippen MR) is 78.3 cm³/mol. The van der Waals surface area contributed by atoms with Gasteiger partial charge in [-0.25, -0.2) is 17.5 Å². The molecule has 0 aromatic rings. The number of alkyl halides is 3. The molecule has 1 aliphatic carbocycles. The van der Waals surface area contributed by atoms with Gasteiger partial charge < -0.3 is 10.2 Å². The van der Waals surface area contributed by atoms with Crippen LogP contribution in [0.2, 0.25) is 0 Å². The van der Waals surface area contributed by atoms with Gasteiger partial charge in [-0.05, 0) is 31.6 Å². The minimum absolute atomic E-state index is 0.263. The molecule has 2 amide bonds. The van der Waals surface area contributed by atoms with Crippen LogP contribution in [0.3, 0.4) is 0 Å². The molecule has 1 aliphatic heterocycles. The Kier molecular flexibility index (Phi) is 5.15. The number of hydrogen-bond donors (Lipinski definition) is 1. The van der Waals surface area contributed by atoms with Gasteiger partial charge in [-0.1, -0.05) is 0 Å². The molecular formula is C13H22F3N3O3S. The van der Waals surface area contributed by atoms with Crippen molar-refractivity contribution in [1.82, 2.24) is 14.5 Å². The summed E-state index contributed by atoms with van der Waals surface area (Å²) >= 11 is 0. The summed E-state index contributed by atoms with van der Waals surface area (Å²) in [5.74, 6) is -0.528. The van der Waals surface area contributed by atoms with Crippen LogP contribution in [0.15, 0.2) is 0 Å². The number of urea groups is 1. The van der Waals surface area contributed by atoms with Gasteiger partial charge in [0.1, 0.15) is 6.04 Å². The molecule has 0 radical (unpaired) electrons.